The lowest BCUT2D eigenvalue weighted by atomic mass is 9.97. The second-order valence-electron chi connectivity index (χ2n) is 5.66. The monoisotopic (exact) mass is 368 g/mol. The van der Waals surface area contributed by atoms with E-state index in [1.165, 1.54) is 30.2 Å². The number of rotatable bonds is 4. The fourth-order valence-electron chi connectivity index (χ4n) is 2.67. The lowest BCUT2D eigenvalue weighted by Crippen LogP contribution is -2.44. The quantitative estimate of drug-likeness (QED) is 0.826. The zero-order valence-corrected chi connectivity index (χ0v) is 15.0. The average molecular weight is 369 g/mol. The van der Waals surface area contributed by atoms with Gasteiger partial charge in [0.05, 0.1) is 35.9 Å². The van der Waals surface area contributed by atoms with Crippen molar-refractivity contribution in [1.82, 2.24) is 4.90 Å². The van der Waals surface area contributed by atoms with Crippen molar-refractivity contribution in [2.45, 2.75) is 19.8 Å². The van der Waals surface area contributed by atoms with Crippen molar-refractivity contribution < 1.29 is 23.9 Å². The molecule has 0 radical (unpaired) electrons. The van der Waals surface area contributed by atoms with Crippen molar-refractivity contribution in [2.24, 2.45) is 5.92 Å². The van der Waals surface area contributed by atoms with Gasteiger partial charge in [-0.15, -0.1) is 0 Å². The van der Waals surface area contributed by atoms with Gasteiger partial charge in [-0.2, -0.15) is 0 Å². The van der Waals surface area contributed by atoms with Crippen LogP contribution in [0.3, 0.4) is 0 Å². The molecule has 1 aliphatic rings. The molecule has 1 fully saturated rings. The molecule has 0 spiro atoms. The van der Waals surface area contributed by atoms with Crippen LogP contribution < -0.4 is 5.32 Å². The van der Waals surface area contributed by atoms with Gasteiger partial charge in [0.15, 0.2) is 0 Å². The summed E-state index contributed by atoms with van der Waals surface area (Å²) in [5, 5.41) is 3.05. The Morgan fingerprint density at radius 3 is 2.80 bits per heavy atom. The Bertz CT molecular complexity index is 664. The molecule has 25 heavy (non-hydrogen) atoms. The first-order chi connectivity index (χ1) is 12.0. The Labute approximate surface area is 151 Å². The molecule has 0 aromatic heterocycles. The van der Waals surface area contributed by atoms with Crippen molar-refractivity contribution in [3.63, 3.8) is 0 Å². The second-order valence-corrected chi connectivity index (χ2v) is 6.07. The van der Waals surface area contributed by atoms with Crippen LogP contribution in [0.4, 0.5) is 10.5 Å². The number of carbonyl (C=O) groups is 3. The molecule has 1 unspecified atom stereocenters. The lowest BCUT2D eigenvalue weighted by molar-refractivity contribution is -0.121. The van der Waals surface area contributed by atoms with Crippen LogP contribution in [0.5, 0.6) is 0 Å². The van der Waals surface area contributed by atoms with Gasteiger partial charge in [-0.25, -0.2) is 9.59 Å². The van der Waals surface area contributed by atoms with Gasteiger partial charge in [-0.3, -0.25) is 4.79 Å². The van der Waals surface area contributed by atoms with Gasteiger partial charge in [-0.1, -0.05) is 11.6 Å². The number of hydrogen-bond donors (Lipinski definition) is 1. The van der Waals surface area contributed by atoms with Crippen LogP contribution in [-0.2, 0) is 14.3 Å². The Morgan fingerprint density at radius 2 is 2.12 bits per heavy atom. The zero-order chi connectivity index (χ0) is 18.4. The molecule has 0 saturated carbocycles. The van der Waals surface area contributed by atoms with Crippen LogP contribution in [0.2, 0.25) is 5.02 Å². The van der Waals surface area contributed by atoms with E-state index in [0.29, 0.717) is 48.8 Å². The maximum Gasteiger partial charge on any atom is 0.409 e. The molecular formula is C17H21ClN2O5. The van der Waals surface area contributed by atoms with Crippen LogP contribution in [0.25, 0.3) is 0 Å². The van der Waals surface area contributed by atoms with Gasteiger partial charge < -0.3 is 19.7 Å². The predicted octanol–water partition coefficient (Wildman–Crippen LogP) is 2.93. The Morgan fingerprint density at radius 1 is 1.36 bits per heavy atom. The zero-order valence-electron chi connectivity index (χ0n) is 14.2. The van der Waals surface area contributed by atoms with Gasteiger partial charge in [-0.05, 0) is 38.0 Å². The minimum atomic E-state index is -0.515. The molecule has 1 atom stereocenters. The maximum atomic E-state index is 12.5. The van der Waals surface area contributed by atoms with Gasteiger partial charge in [0, 0.05) is 13.1 Å². The topological polar surface area (TPSA) is 84.9 Å². The first kappa shape index (κ1) is 19.1. The number of nitrogens with one attached hydrogen (secondary N) is 1. The number of nitrogens with zero attached hydrogens (tertiary/aromatic N) is 1. The summed E-state index contributed by atoms with van der Waals surface area (Å²) in [6.07, 6.45) is 0.966. The van der Waals surface area contributed by atoms with Crippen molar-refractivity contribution in [3.8, 4) is 0 Å². The fourth-order valence-corrected chi connectivity index (χ4v) is 2.84. The van der Waals surface area contributed by atoms with E-state index >= 15 is 0 Å². The second kappa shape index (κ2) is 8.71. The van der Waals surface area contributed by atoms with Gasteiger partial charge in [0.1, 0.15) is 0 Å². The van der Waals surface area contributed by atoms with E-state index in [4.69, 9.17) is 16.3 Å². The maximum absolute atomic E-state index is 12.5. The molecule has 2 amide bonds. The lowest BCUT2D eigenvalue weighted by Gasteiger charge is -2.31. The molecule has 136 valence electrons. The van der Waals surface area contributed by atoms with Crippen molar-refractivity contribution in [1.29, 1.82) is 0 Å². The minimum absolute atomic E-state index is 0.252. The molecule has 0 bridgehead atoms. The number of esters is 1. The third-order valence-corrected chi connectivity index (χ3v) is 4.29. The van der Waals surface area contributed by atoms with E-state index in [9.17, 15) is 14.4 Å². The SMILES string of the molecule is CCOC(=O)N1CCCC(C(=O)Nc2cc(C(=O)OC)ccc2Cl)C1. The molecule has 0 aliphatic carbocycles. The minimum Gasteiger partial charge on any atom is -0.465 e. The number of methoxy groups -OCH3 is 1. The Kier molecular flexibility index (Phi) is 6.64. The number of hydrogen-bond acceptors (Lipinski definition) is 5. The van der Waals surface area contributed by atoms with E-state index in [2.05, 4.69) is 10.1 Å². The van der Waals surface area contributed by atoms with E-state index in [0.717, 1.165) is 0 Å². The molecule has 7 nitrogen and oxygen atoms in total. The number of amides is 2. The average Bonchev–Trinajstić information content (AvgIpc) is 2.63. The molecule has 1 aromatic rings. The first-order valence-electron chi connectivity index (χ1n) is 8.06. The summed E-state index contributed by atoms with van der Waals surface area (Å²) in [6, 6.07) is 4.51. The molecule has 1 N–H and O–H groups in total. The highest BCUT2D eigenvalue weighted by molar-refractivity contribution is 6.33. The van der Waals surface area contributed by atoms with Gasteiger partial charge in [0.2, 0.25) is 5.91 Å². The van der Waals surface area contributed by atoms with E-state index in [1.807, 2.05) is 0 Å². The molecule has 2 rings (SSSR count). The number of ether oxygens (including phenoxy) is 2. The van der Waals surface area contributed by atoms with Gasteiger partial charge in [0.25, 0.3) is 0 Å². The molecule has 1 aromatic carbocycles. The summed E-state index contributed by atoms with van der Waals surface area (Å²) < 4.78 is 9.65. The standard InChI is InChI=1S/C17H21ClN2O5/c1-3-25-17(23)20-8-4-5-12(10-20)15(21)19-14-9-11(16(22)24-2)6-7-13(14)18/h6-7,9,12H,3-5,8,10H2,1-2H3,(H,19,21). The third-order valence-electron chi connectivity index (χ3n) is 3.96. The van der Waals surface area contributed by atoms with Crippen LogP contribution in [0.15, 0.2) is 18.2 Å². The normalized spacial score (nSPS) is 16.9. The highest BCUT2D eigenvalue weighted by Gasteiger charge is 2.29. The summed E-state index contributed by atoms with van der Waals surface area (Å²) in [4.78, 5) is 37.5. The van der Waals surface area contributed by atoms with E-state index in [-0.39, 0.29) is 11.8 Å². The van der Waals surface area contributed by atoms with Crippen molar-refractivity contribution in [3.05, 3.63) is 28.8 Å². The summed E-state index contributed by atoms with van der Waals surface area (Å²) in [5.41, 5.74) is 0.627. The number of halogens is 1. The fraction of sp³-hybridized carbons (Fsp3) is 0.471. The molecule has 1 heterocycles. The van der Waals surface area contributed by atoms with Crippen LogP contribution in [0.1, 0.15) is 30.1 Å². The largest absolute Gasteiger partial charge is 0.465 e. The smallest absolute Gasteiger partial charge is 0.409 e. The molecular weight excluding hydrogens is 348 g/mol. The summed E-state index contributed by atoms with van der Waals surface area (Å²) in [7, 11) is 1.28. The van der Waals surface area contributed by atoms with E-state index in [1.54, 1.807) is 6.92 Å². The summed E-state index contributed by atoms with van der Waals surface area (Å²) >= 11 is 6.10. The summed E-state index contributed by atoms with van der Waals surface area (Å²) in [6.45, 7) is 2.89. The predicted molar refractivity (Wildman–Crippen MR) is 92.7 cm³/mol. The number of likely N-dealkylation sites (tertiary alicyclic amines) is 1. The number of anilines is 1. The molecule has 8 heteroatoms. The highest BCUT2D eigenvalue weighted by atomic mass is 35.5. The summed E-state index contributed by atoms with van der Waals surface area (Å²) in [5.74, 6) is -1.13. The Balaban J connectivity index is 2.06. The number of piperidine rings is 1. The van der Waals surface area contributed by atoms with Gasteiger partial charge >= 0.3 is 12.1 Å². The first-order valence-corrected chi connectivity index (χ1v) is 8.44. The molecule has 1 aliphatic heterocycles. The molecule has 1 saturated heterocycles. The van der Waals surface area contributed by atoms with Crippen LogP contribution in [-0.4, -0.2) is 49.7 Å². The van der Waals surface area contributed by atoms with Crippen molar-refractivity contribution in [2.75, 3.05) is 32.1 Å². The van der Waals surface area contributed by atoms with Crippen molar-refractivity contribution >= 4 is 35.3 Å². The number of benzene rings is 1. The van der Waals surface area contributed by atoms with Crippen LogP contribution in [0, 0.1) is 5.92 Å². The number of carbonyl (C=O) groups excluding carboxylic acids is 3. The van der Waals surface area contributed by atoms with Crippen LogP contribution >= 0.6 is 11.6 Å². The highest BCUT2D eigenvalue weighted by Crippen LogP contribution is 2.26. The van der Waals surface area contributed by atoms with E-state index < -0.39 is 12.1 Å². The third kappa shape index (κ3) is 4.85. The Hall–Kier alpha value is -2.28.